The van der Waals surface area contributed by atoms with Crippen molar-refractivity contribution < 1.29 is 10.0 Å². The Kier molecular flexibility index (Phi) is 3.52. The molecule has 2 nitrogen and oxygen atoms in total. The van der Waals surface area contributed by atoms with Crippen molar-refractivity contribution in [2.24, 2.45) is 5.92 Å². The molecule has 0 saturated carbocycles. The van der Waals surface area contributed by atoms with Gasteiger partial charge in [-0.15, -0.1) is 0 Å². The SMILES string of the molecule is Cc1ccc([C@@]2(O)C[C@H](C)[NH+](C)C[C@@H]2C)c(C)c1. The van der Waals surface area contributed by atoms with E-state index in [0.29, 0.717) is 12.0 Å². The van der Waals surface area contributed by atoms with Crippen molar-refractivity contribution in [1.29, 1.82) is 0 Å². The summed E-state index contributed by atoms with van der Waals surface area (Å²) in [6.45, 7) is 9.66. The van der Waals surface area contributed by atoms with Crippen LogP contribution >= 0.6 is 0 Å². The van der Waals surface area contributed by atoms with E-state index in [1.54, 1.807) is 0 Å². The Morgan fingerprint density at radius 2 is 1.94 bits per heavy atom. The zero-order valence-electron chi connectivity index (χ0n) is 12.2. The molecule has 1 fully saturated rings. The van der Waals surface area contributed by atoms with E-state index in [1.807, 2.05) is 0 Å². The summed E-state index contributed by atoms with van der Waals surface area (Å²) in [5, 5.41) is 11.2. The average molecular weight is 248 g/mol. The number of rotatable bonds is 1. The average Bonchev–Trinajstić information content (AvgIpc) is 2.26. The third-order valence-electron chi connectivity index (χ3n) is 4.75. The third-order valence-corrected chi connectivity index (χ3v) is 4.75. The summed E-state index contributed by atoms with van der Waals surface area (Å²) in [6, 6.07) is 6.92. The van der Waals surface area contributed by atoms with Crippen molar-refractivity contribution in [3.05, 3.63) is 34.9 Å². The maximum atomic E-state index is 11.2. The van der Waals surface area contributed by atoms with E-state index in [2.05, 4.69) is 52.9 Å². The highest BCUT2D eigenvalue weighted by Gasteiger charge is 2.45. The fraction of sp³-hybridized carbons (Fsp3) is 0.625. The quantitative estimate of drug-likeness (QED) is 0.772. The molecule has 0 aromatic heterocycles. The predicted octanol–water partition coefficient (Wildman–Crippen LogP) is 1.43. The van der Waals surface area contributed by atoms with E-state index in [1.165, 1.54) is 16.0 Å². The van der Waals surface area contributed by atoms with Crippen LogP contribution in [0.25, 0.3) is 0 Å². The van der Waals surface area contributed by atoms with Crippen LogP contribution in [0.2, 0.25) is 0 Å². The number of likely N-dealkylation sites (tertiary alicyclic amines) is 1. The molecule has 1 unspecified atom stereocenters. The fourth-order valence-electron chi connectivity index (χ4n) is 3.37. The minimum atomic E-state index is -0.656. The van der Waals surface area contributed by atoms with Crippen LogP contribution in [0.5, 0.6) is 0 Å². The molecule has 1 aliphatic rings. The molecular formula is C16H26NO+. The van der Waals surface area contributed by atoms with Crippen LogP contribution in [0.3, 0.4) is 0 Å². The summed E-state index contributed by atoms with van der Waals surface area (Å²) >= 11 is 0. The number of aryl methyl sites for hydroxylation is 2. The molecule has 2 heteroatoms. The van der Waals surface area contributed by atoms with E-state index in [0.717, 1.165) is 18.5 Å². The zero-order valence-corrected chi connectivity index (χ0v) is 12.2. The van der Waals surface area contributed by atoms with Gasteiger partial charge in [0, 0.05) is 12.3 Å². The van der Waals surface area contributed by atoms with Crippen molar-refractivity contribution in [2.75, 3.05) is 13.6 Å². The van der Waals surface area contributed by atoms with Gasteiger partial charge >= 0.3 is 0 Å². The van der Waals surface area contributed by atoms with Gasteiger partial charge in [-0.05, 0) is 31.9 Å². The highest BCUT2D eigenvalue weighted by molar-refractivity contribution is 5.35. The second kappa shape index (κ2) is 4.67. The number of piperidine rings is 1. The summed E-state index contributed by atoms with van der Waals surface area (Å²) < 4.78 is 0. The number of aliphatic hydroxyl groups is 1. The Hall–Kier alpha value is -0.860. The van der Waals surface area contributed by atoms with Crippen LogP contribution in [0.1, 0.15) is 37.0 Å². The van der Waals surface area contributed by atoms with Gasteiger partial charge in [-0.2, -0.15) is 0 Å². The molecular weight excluding hydrogens is 222 g/mol. The van der Waals surface area contributed by atoms with E-state index in [9.17, 15) is 5.11 Å². The molecule has 100 valence electrons. The van der Waals surface area contributed by atoms with Crippen LogP contribution in [-0.2, 0) is 5.60 Å². The molecule has 0 aliphatic carbocycles. The van der Waals surface area contributed by atoms with Crippen molar-refractivity contribution in [2.45, 2.75) is 45.8 Å². The van der Waals surface area contributed by atoms with Crippen LogP contribution in [0, 0.1) is 19.8 Å². The van der Waals surface area contributed by atoms with Crippen LogP contribution in [0.4, 0.5) is 0 Å². The Morgan fingerprint density at radius 3 is 2.56 bits per heavy atom. The first-order valence-electron chi connectivity index (χ1n) is 6.97. The lowest BCUT2D eigenvalue weighted by Crippen LogP contribution is -3.15. The predicted molar refractivity (Wildman–Crippen MR) is 74.8 cm³/mol. The molecule has 1 heterocycles. The molecule has 0 bridgehead atoms. The number of quaternary nitrogens is 1. The molecule has 1 aromatic rings. The number of nitrogens with one attached hydrogen (secondary N) is 1. The second-order valence-electron chi connectivity index (χ2n) is 6.30. The topological polar surface area (TPSA) is 24.7 Å². The normalized spacial score (nSPS) is 36.7. The minimum Gasteiger partial charge on any atom is -0.384 e. The van der Waals surface area contributed by atoms with Crippen LogP contribution < -0.4 is 4.90 Å². The van der Waals surface area contributed by atoms with Gasteiger partial charge in [-0.25, -0.2) is 0 Å². The molecule has 1 aromatic carbocycles. The van der Waals surface area contributed by atoms with Crippen molar-refractivity contribution in [1.82, 2.24) is 0 Å². The van der Waals surface area contributed by atoms with Gasteiger partial charge < -0.3 is 10.0 Å². The van der Waals surface area contributed by atoms with Gasteiger partial charge in [0.1, 0.15) is 5.60 Å². The van der Waals surface area contributed by atoms with Gasteiger partial charge in [-0.1, -0.05) is 30.7 Å². The standard InChI is InChI=1S/C16H25NO/c1-11-6-7-15(12(2)8-11)16(18)9-14(4)17(5)10-13(16)3/h6-8,13-14,18H,9-10H2,1-5H3/p+1/t13-,14-,16+/m0/s1. The van der Waals surface area contributed by atoms with Gasteiger partial charge in [-0.3, -0.25) is 0 Å². The second-order valence-corrected chi connectivity index (χ2v) is 6.30. The number of benzene rings is 1. The summed E-state index contributed by atoms with van der Waals surface area (Å²) in [5.74, 6) is 0.301. The lowest BCUT2D eigenvalue weighted by atomic mass is 9.73. The molecule has 1 aliphatic heterocycles. The first-order chi connectivity index (χ1) is 8.34. The molecule has 18 heavy (non-hydrogen) atoms. The highest BCUT2D eigenvalue weighted by atomic mass is 16.3. The van der Waals surface area contributed by atoms with E-state index < -0.39 is 5.60 Å². The third kappa shape index (κ3) is 2.19. The lowest BCUT2D eigenvalue weighted by Gasteiger charge is -2.44. The Labute approximate surface area is 111 Å². The smallest absolute Gasteiger partial charge is 0.103 e. The Bertz CT molecular complexity index is 443. The maximum absolute atomic E-state index is 11.2. The Balaban J connectivity index is 2.40. The van der Waals surface area contributed by atoms with Gasteiger partial charge in [0.05, 0.1) is 19.6 Å². The van der Waals surface area contributed by atoms with Gasteiger partial charge in [0.2, 0.25) is 0 Å². The van der Waals surface area contributed by atoms with Crippen molar-refractivity contribution >= 4 is 0 Å². The summed E-state index contributed by atoms with van der Waals surface area (Å²) in [6.07, 6.45) is 0.851. The number of hydrogen-bond donors (Lipinski definition) is 2. The van der Waals surface area contributed by atoms with Crippen molar-refractivity contribution in [3.63, 3.8) is 0 Å². The Morgan fingerprint density at radius 1 is 1.28 bits per heavy atom. The zero-order chi connectivity index (χ0) is 13.5. The van der Waals surface area contributed by atoms with Crippen LogP contribution in [0.15, 0.2) is 18.2 Å². The first kappa shape index (κ1) is 13.6. The van der Waals surface area contributed by atoms with Gasteiger partial charge in [0.15, 0.2) is 0 Å². The van der Waals surface area contributed by atoms with E-state index in [4.69, 9.17) is 0 Å². The lowest BCUT2D eigenvalue weighted by molar-refractivity contribution is -0.916. The highest BCUT2D eigenvalue weighted by Crippen LogP contribution is 2.37. The molecule has 2 N–H and O–H groups in total. The van der Waals surface area contributed by atoms with E-state index in [-0.39, 0.29) is 0 Å². The number of hydrogen-bond acceptors (Lipinski definition) is 1. The molecule has 1 saturated heterocycles. The monoisotopic (exact) mass is 248 g/mol. The fourth-order valence-corrected chi connectivity index (χ4v) is 3.37. The molecule has 0 amide bonds. The van der Waals surface area contributed by atoms with E-state index >= 15 is 0 Å². The summed E-state index contributed by atoms with van der Waals surface area (Å²) in [5.41, 5.74) is 2.95. The van der Waals surface area contributed by atoms with Gasteiger partial charge in [0.25, 0.3) is 0 Å². The summed E-state index contributed by atoms with van der Waals surface area (Å²) in [7, 11) is 2.22. The molecule has 2 rings (SSSR count). The maximum Gasteiger partial charge on any atom is 0.103 e. The van der Waals surface area contributed by atoms with Crippen LogP contribution in [-0.4, -0.2) is 24.7 Å². The van der Waals surface area contributed by atoms with Crippen molar-refractivity contribution in [3.8, 4) is 0 Å². The molecule has 4 atom stereocenters. The molecule has 0 radical (unpaired) electrons. The minimum absolute atomic E-state index is 0.301. The molecule has 0 spiro atoms. The summed E-state index contributed by atoms with van der Waals surface area (Å²) in [4.78, 5) is 1.52. The largest absolute Gasteiger partial charge is 0.384 e. The first-order valence-corrected chi connectivity index (χ1v) is 6.97.